The minimum Gasteiger partial charge on any atom is -0.459 e. The number of imide groups is 1. The number of carbonyl (C=O) groups is 3. The number of nitrogens with one attached hydrogen (secondary N) is 1. The summed E-state index contributed by atoms with van der Waals surface area (Å²) in [4.78, 5) is 38.5. The summed E-state index contributed by atoms with van der Waals surface area (Å²) >= 11 is 0. The molecule has 3 aromatic rings. The van der Waals surface area contributed by atoms with E-state index in [2.05, 4.69) is 11.9 Å². The third-order valence-electron chi connectivity index (χ3n) is 4.76. The van der Waals surface area contributed by atoms with Crippen molar-refractivity contribution < 1.29 is 18.8 Å². The SMILES string of the molecule is C=CCN1C(=O)c2ccc(C(=O)N[C@@H](C)c3cc4ccccc4o3)cc2C1=O. The van der Waals surface area contributed by atoms with Gasteiger partial charge in [0.25, 0.3) is 17.7 Å². The average molecular weight is 374 g/mol. The molecular weight excluding hydrogens is 356 g/mol. The van der Waals surface area contributed by atoms with Crippen LogP contribution in [0.5, 0.6) is 0 Å². The van der Waals surface area contributed by atoms with Gasteiger partial charge in [0.05, 0.1) is 17.2 Å². The molecule has 6 heteroatoms. The van der Waals surface area contributed by atoms with E-state index in [1.807, 2.05) is 37.3 Å². The van der Waals surface area contributed by atoms with Crippen molar-refractivity contribution in [1.82, 2.24) is 10.2 Å². The molecule has 0 fully saturated rings. The molecule has 0 radical (unpaired) electrons. The number of hydrogen-bond donors (Lipinski definition) is 1. The monoisotopic (exact) mass is 374 g/mol. The van der Waals surface area contributed by atoms with Crippen LogP contribution in [-0.4, -0.2) is 29.2 Å². The quantitative estimate of drug-likeness (QED) is 0.545. The van der Waals surface area contributed by atoms with Crippen molar-refractivity contribution in [2.45, 2.75) is 13.0 Å². The van der Waals surface area contributed by atoms with Gasteiger partial charge in [0.1, 0.15) is 11.3 Å². The van der Waals surface area contributed by atoms with Crippen LogP contribution in [0.2, 0.25) is 0 Å². The maximum absolute atomic E-state index is 12.7. The standard InChI is InChI=1S/C22H18N2O4/c1-3-10-24-21(26)16-9-8-15(11-17(16)22(24)27)20(25)23-13(2)19-12-14-6-4-5-7-18(14)28-19/h3-9,11-13H,1,10H2,2H3,(H,23,25)/t13-/m0/s1. The van der Waals surface area contributed by atoms with Gasteiger partial charge in [-0.15, -0.1) is 6.58 Å². The Kier molecular flexibility index (Phi) is 4.31. The lowest BCUT2D eigenvalue weighted by Gasteiger charge is -2.11. The van der Waals surface area contributed by atoms with E-state index in [1.54, 1.807) is 6.07 Å². The summed E-state index contributed by atoms with van der Waals surface area (Å²) in [5, 5.41) is 3.83. The van der Waals surface area contributed by atoms with Crippen LogP contribution in [0, 0.1) is 0 Å². The first kappa shape index (κ1) is 17.7. The number of amides is 3. The minimum absolute atomic E-state index is 0.136. The fourth-order valence-corrected chi connectivity index (χ4v) is 3.29. The molecule has 1 atom stereocenters. The zero-order valence-electron chi connectivity index (χ0n) is 15.3. The van der Waals surface area contributed by atoms with Crippen LogP contribution in [-0.2, 0) is 0 Å². The van der Waals surface area contributed by atoms with Crippen LogP contribution in [0.3, 0.4) is 0 Å². The van der Waals surface area contributed by atoms with E-state index in [0.29, 0.717) is 16.9 Å². The maximum atomic E-state index is 12.7. The van der Waals surface area contributed by atoms with Gasteiger partial charge in [0, 0.05) is 17.5 Å². The second kappa shape index (κ2) is 6.81. The summed E-state index contributed by atoms with van der Waals surface area (Å²) in [5.74, 6) is -0.500. The second-order valence-corrected chi connectivity index (χ2v) is 6.65. The molecular formula is C22H18N2O4. The van der Waals surface area contributed by atoms with E-state index in [-0.39, 0.29) is 30.0 Å². The van der Waals surface area contributed by atoms with E-state index < -0.39 is 5.91 Å². The maximum Gasteiger partial charge on any atom is 0.261 e. The van der Waals surface area contributed by atoms with Crippen molar-refractivity contribution in [2.24, 2.45) is 0 Å². The highest BCUT2D eigenvalue weighted by Crippen LogP contribution is 2.26. The van der Waals surface area contributed by atoms with Crippen LogP contribution in [0.4, 0.5) is 0 Å². The number of hydrogen-bond acceptors (Lipinski definition) is 4. The summed E-state index contributed by atoms with van der Waals surface area (Å²) in [6.07, 6.45) is 1.49. The van der Waals surface area contributed by atoms with Crippen molar-refractivity contribution in [3.05, 3.63) is 83.6 Å². The zero-order chi connectivity index (χ0) is 19.8. The van der Waals surface area contributed by atoms with E-state index in [0.717, 1.165) is 15.9 Å². The van der Waals surface area contributed by atoms with Crippen LogP contribution >= 0.6 is 0 Å². The summed E-state index contributed by atoms with van der Waals surface area (Å²) in [7, 11) is 0. The minimum atomic E-state index is -0.417. The molecule has 1 aliphatic heterocycles. The Balaban J connectivity index is 1.55. The Morgan fingerprint density at radius 3 is 2.64 bits per heavy atom. The highest BCUT2D eigenvalue weighted by Gasteiger charge is 2.35. The smallest absolute Gasteiger partial charge is 0.261 e. The van der Waals surface area contributed by atoms with Gasteiger partial charge in [-0.3, -0.25) is 19.3 Å². The van der Waals surface area contributed by atoms with Crippen LogP contribution in [0.15, 0.2) is 65.6 Å². The molecule has 2 aromatic carbocycles. The lowest BCUT2D eigenvalue weighted by Crippen LogP contribution is -2.29. The molecule has 0 saturated carbocycles. The zero-order valence-corrected chi connectivity index (χ0v) is 15.3. The van der Waals surface area contributed by atoms with Gasteiger partial charge in [-0.1, -0.05) is 24.3 Å². The van der Waals surface area contributed by atoms with Crippen molar-refractivity contribution in [1.29, 1.82) is 0 Å². The molecule has 28 heavy (non-hydrogen) atoms. The molecule has 1 aromatic heterocycles. The van der Waals surface area contributed by atoms with Crippen LogP contribution in [0.1, 0.15) is 49.8 Å². The first-order valence-corrected chi connectivity index (χ1v) is 8.90. The molecule has 6 nitrogen and oxygen atoms in total. The van der Waals surface area contributed by atoms with E-state index in [4.69, 9.17) is 4.42 Å². The first-order chi connectivity index (χ1) is 13.5. The van der Waals surface area contributed by atoms with Gasteiger partial charge in [-0.25, -0.2) is 0 Å². The molecule has 0 aliphatic carbocycles. The molecule has 2 heterocycles. The third kappa shape index (κ3) is 2.89. The Labute approximate surface area is 161 Å². The van der Waals surface area contributed by atoms with Crippen LogP contribution < -0.4 is 5.32 Å². The summed E-state index contributed by atoms with van der Waals surface area (Å²) in [5.41, 5.74) is 1.59. The predicted octanol–water partition coefficient (Wildman–Crippen LogP) is 3.71. The predicted molar refractivity (Wildman–Crippen MR) is 104 cm³/mol. The van der Waals surface area contributed by atoms with Crippen molar-refractivity contribution >= 4 is 28.7 Å². The fourth-order valence-electron chi connectivity index (χ4n) is 3.29. The van der Waals surface area contributed by atoms with Crippen molar-refractivity contribution in [2.75, 3.05) is 6.54 Å². The Morgan fingerprint density at radius 2 is 1.89 bits per heavy atom. The number of nitrogens with zero attached hydrogens (tertiary/aromatic N) is 1. The lowest BCUT2D eigenvalue weighted by atomic mass is 10.0. The molecule has 3 amide bonds. The van der Waals surface area contributed by atoms with Crippen molar-refractivity contribution in [3.8, 4) is 0 Å². The highest BCUT2D eigenvalue weighted by molar-refractivity contribution is 6.22. The molecule has 0 unspecified atom stereocenters. The number of furan rings is 1. The molecule has 0 bridgehead atoms. The number of para-hydroxylation sites is 1. The number of carbonyl (C=O) groups excluding carboxylic acids is 3. The normalized spacial score (nSPS) is 14.2. The van der Waals surface area contributed by atoms with Gasteiger partial charge >= 0.3 is 0 Å². The molecule has 0 spiro atoms. The van der Waals surface area contributed by atoms with Crippen LogP contribution in [0.25, 0.3) is 11.0 Å². The summed E-state index contributed by atoms with van der Waals surface area (Å²) < 4.78 is 5.78. The lowest BCUT2D eigenvalue weighted by molar-refractivity contribution is 0.0672. The topological polar surface area (TPSA) is 79.6 Å². The number of rotatable bonds is 5. The van der Waals surface area contributed by atoms with E-state index in [1.165, 1.54) is 18.2 Å². The Bertz CT molecular complexity index is 1100. The van der Waals surface area contributed by atoms with Gasteiger partial charge < -0.3 is 9.73 Å². The summed E-state index contributed by atoms with van der Waals surface area (Å²) in [6.45, 7) is 5.52. The number of benzene rings is 2. The molecule has 1 N–H and O–H groups in total. The highest BCUT2D eigenvalue weighted by atomic mass is 16.3. The summed E-state index contributed by atoms with van der Waals surface area (Å²) in [6, 6.07) is 13.7. The second-order valence-electron chi connectivity index (χ2n) is 6.65. The molecule has 1 aliphatic rings. The third-order valence-corrected chi connectivity index (χ3v) is 4.76. The van der Waals surface area contributed by atoms with Crippen molar-refractivity contribution in [3.63, 3.8) is 0 Å². The largest absolute Gasteiger partial charge is 0.459 e. The molecule has 0 saturated heterocycles. The van der Waals surface area contributed by atoms with E-state index in [9.17, 15) is 14.4 Å². The first-order valence-electron chi connectivity index (χ1n) is 8.90. The average Bonchev–Trinajstić information content (AvgIpc) is 3.23. The number of fused-ring (bicyclic) bond motifs is 2. The Hall–Kier alpha value is -3.67. The van der Waals surface area contributed by atoms with Gasteiger partial charge in [0.2, 0.25) is 0 Å². The van der Waals surface area contributed by atoms with Gasteiger partial charge in [-0.2, -0.15) is 0 Å². The molecule has 140 valence electrons. The molecule has 4 rings (SSSR count). The van der Waals surface area contributed by atoms with Gasteiger partial charge in [0.15, 0.2) is 0 Å². The fraction of sp³-hybridized carbons (Fsp3) is 0.136. The van der Waals surface area contributed by atoms with Gasteiger partial charge in [-0.05, 0) is 37.3 Å². The Morgan fingerprint density at radius 1 is 1.14 bits per heavy atom. The van der Waals surface area contributed by atoms with E-state index >= 15 is 0 Å².